The van der Waals surface area contributed by atoms with E-state index in [0.717, 1.165) is 31.9 Å². The number of nitrogens with one attached hydrogen (secondary N) is 1. The Labute approximate surface area is 136 Å². The number of nitrogens with zero attached hydrogens (tertiary/aromatic N) is 3. The SMILES string of the molecule is CN(CC(=O)N1CCNCC1)c1ccc([N+](=O)[O-])c(I)c1. The number of hydrogen-bond acceptors (Lipinski definition) is 5. The maximum Gasteiger partial charge on any atom is 0.282 e. The molecule has 0 radical (unpaired) electrons. The molecule has 114 valence electrons. The third-order valence-corrected chi connectivity index (χ3v) is 4.27. The summed E-state index contributed by atoms with van der Waals surface area (Å²) >= 11 is 1.94. The fraction of sp³-hybridized carbons (Fsp3) is 0.462. The van der Waals surface area contributed by atoms with Crippen molar-refractivity contribution >= 4 is 39.9 Å². The fourth-order valence-corrected chi connectivity index (χ4v) is 2.89. The molecule has 21 heavy (non-hydrogen) atoms. The van der Waals surface area contributed by atoms with Crippen LogP contribution >= 0.6 is 22.6 Å². The predicted octanol–water partition coefficient (Wildman–Crippen LogP) is 1.07. The van der Waals surface area contributed by atoms with Crippen molar-refractivity contribution in [2.24, 2.45) is 0 Å². The van der Waals surface area contributed by atoms with Gasteiger partial charge in [0, 0.05) is 45.0 Å². The number of carbonyl (C=O) groups excluding carboxylic acids is 1. The topological polar surface area (TPSA) is 78.7 Å². The van der Waals surface area contributed by atoms with Crippen LogP contribution in [-0.4, -0.2) is 55.5 Å². The van der Waals surface area contributed by atoms with Crippen LogP contribution in [0, 0.1) is 13.7 Å². The number of nitro groups is 1. The van der Waals surface area contributed by atoms with Crippen molar-refractivity contribution in [2.75, 3.05) is 44.7 Å². The Balaban J connectivity index is 2.02. The molecule has 0 atom stereocenters. The van der Waals surface area contributed by atoms with E-state index in [1.54, 1.807) is 12.1 Å². The molecule has 1 saturated heterocycles. The smallest absolute Gasteiger partial charge is 0.282 e. The molecular weight excluding hydrogens is 387 g/mol. The third kappa shape index (κ3) is 4.03. The van der Waals surface area contributed by atoms with Gasteiger partial charge in [-0.1, -0.05) is 0 Å². The lowest BCUT2D eigenvalue weighted by Gasteiger charge is -2.29. The van der Waals surface area contributed by atoms with Crippen molar-refractivity contribution < 1.29 is 9.72 Å². The van der Waals surface area contributed by atoms with Crippen molar-refractivity contribution in [3.05, 3.63) is 31.9 Å². The molecule has 0 saturated carbocycles. The Morgan fingerprint density at radius 1 is 1.48 bits per heavy atom. The molecule has 0 aliphatic carbocycles. The first-order valence-electron chi connectivity index (χ1n) is 6.62. The number of piperazine rings is 1. The highest BCUT2D eigenvalue weighted by Gasteiger charge is 2.19. The van der Waals surface area contributed by atoms with Crippen LogP contribution in [0.15, 0.2) is 18.2 Å². The van der Waals surface area contributed by atoms with Gasteiger partial charge in [-0.05, 0) is 34.7 Å². The van der Waals surface area contributed by atoms with Gasteiger partial charge in [-0.15, -0.1) is 0 Å². The number of carbonyl (C=O) groups is 1. The average molecular weight is 404 g/mol. The van der Waals surface area contributed by atoms with Gasteiger partial charge in [0.15, 0.2) is 0 Å². The zero-order valence-electron chi connectivity index (χ0n) is 11.7. The van der Waals surface area contributed by atoms with Crippen molar-refractivity contribution in [3.63, 3.8) is 0 Å². The van der Waals surface area contributed by atoms with Gasteiger partial charge >= 0.3 is 0 Å². The number of halogens is 1. The van der Waals surface area contributed by atoms with E-state index in [0.29, 0.717) is 3.57 Å². The normalized spacial score (nSPS) is 14.9. The van der Waals surface area contributed by atoms with Gasteiger partial charge in [-0.3, -0.25) is 14.9 Å². The molecule has 1 aromatic carbocycles. The maximum absolute atomic E-state index is 12.2. The first kappa shape index (κ1) is 16.0. The predicted molar refractivity (Wildman–Crippen MR) is 88.5 cm³/mol. The van der Waals surface area contributed by atoms with E-state index in [1.165, 1.54) is 6.07 Å². The zero-order chi connectivity index (χ0) is 15.4. The van der Waals surface area contributed by atoms with E-state index in [4.69, 9.17) is 0 Å². The summed E-state index contributed by atoms with van der Waals surface area (Å²) in [7, 11) is 1.82. The second kappa shape index (κ2) is 7.03. The van der Waals surface area contributed by atoms with E-state index >= 15 is 0 Å². The summed E-state index contributed by atoms with van der Waals surface area (Å²) in [5.41, 5.74) is 0.884. The molecule has 1 fully saturated rings. The Bertz CT molecular complexity index is 546. The summed E-state index contributed by atoms with van der Waals surface area (Å²) < 4.78 is 0.566. The van der Waals surface area contributed by atoms with Crippen LogP contribution in [-0.2, 0) is 4.79 Å². The summed E-state index contributed by atoms with van der Waals surface area (Å²) in [6, 6.07) is 4.87. The molecular formula is C13H17IN4O3. The molecule has 0 bridgehead atoms. The Morgan fingerprint density at radius 2 is 2.14 bits per heavy atom. The van der Waals surface area contributed by atoms with Crippen molar-refractivity contribution in [1.29, 1.82) is 0 Å². The van der Waals surface area contributed by atoms with Crippen LogP contribution in [0.1, 0.15) is 0 Å². The minimum Gasteiger partial charge on any atom is -0.365 e. The second-order valence-corrected chi connectivity index (χ2v) is 6.04. The lowest BCUT2D eigenvalue weighted by atomic mass is 10.2. The maximum atomic E-state index is 12.2. The molecule has 0 aromatic heterocycles. The number of rotatable bonds is 4. The van der Waals surface area contributed by atoms with Crippen LogP contribution in [0.25, 0.3) is 0 Å². The van der Waals surface area contributed by atoms with E-state index in [-0.39, 0.29) is 18.1 Å². The lowest BCUT2D eigenvalue weighted by Crippen LogP contribution is -2.49. The van der Waals surface area contributed by atoms with Gasteiger partial charge in [0.2, 0.25) is 5.91 Å². The molecule has 7 nitrogen and oxygen atoms in total. The number of amides is 1. The van der Waals surface area contributed by atoms with Crippen molar-refractivity contribution in [3.8, 4) is 0 Å². The molecule has 1 aliphatic heterocycles. The lowest BCUT2D eigenvalue weighted by molar-refractivity contribution is -0.385. The van der Waals surface area contributed by atoms with E-state index in [1.807, 2.05) is 39.4 Å². The van der Waals surface area contributed by atoms with Gasteiger partial charge < -0.3 is 15.1 Å². The van der Waals surface area contributed by atoms with Gasteiger partial charge in [-0.25, -0.2) is 0 Å². The summed E-state index contributed by atoms with van der Waals surface area (Å²) in [6.07, 6.45) is 0. The monoisotopic (exact) mass is 404 g/mol. The standard InChI is InChI=1S/C13H17IN4O3/c1-16(9-13(19)17-6-4-15-5-7-17)10-2-3-12(18(20)21)11(14)8-10/h2-3,8,15H,4-7,9H2,1H3. The number of nitro benzene ring substituents is 1. The minimum absolute atomic E-state index is 0.0763. The minimum atomic E-state index is -0.405. The molecule has 8 heteroatoms. The number of anilines is 1. The van der Waals surface area contributed by atoms with Crippen LogP contribution in [0.5, 0.6) is 0 Å². The van der Waals surface area contributed by atoms with Crippen LogP contribution in [0.4, 0.5) is 11.4 Å². The summed E-state index contributed by atoms with van der Waals surface area (Å²) in [5, 5.41) is 14.0. The highest BCUT2D eigenvalue weighted by Crippen LogP contribution is 2.25. The molecule has 2 rings (SSSR count). The van der Waals surface area contributed by atoms with E-state index < -0.39 is 4.92 Å². The number of benzene rings is 1. The molecule has 0 unspecified atom stereocenters. The second-order valence-electron chi connectivity index (χ2n) is 4.88. The zero-order valence-corrected chi connectivity index (χ0v) is 13.9. The molecule has 1 aliphatic rings. The Hall–Kier alpha value is -1.42. The quantitative estimate of drug-likeness (QED) is 0.462. The van der Waals surface area contributed by atoms with Gasteiger partial charge in [0.25, 0.3) is 5.69 Å². The highest BCUT2D eigenvalue weighted by molar-refractivity contribution is 14.1. The highest BCUT2D eigenvalue weighted by atomic mass is 127. The summed E-state index contributed by atoms with van der Waals surface area (Å²) in [4.78, 5) is 26.2. The van der Waals surface area contributed by atoms with Crippen LogP contribution in [0.2, 0.25) is 0 Å². The van der Waals surface area contributed by atoms with Crippen molar-refractivity contribution in [2.45, 2.75) is 0 Å². The van der Waals surface area contributed by atoms with E-state index in [2.05, 4.69) is 5.32 Å². The van der Waals surface area contributed by atoms with Gasteiger partial charge in [-0.2, -0.15) is 0 Å². The molecule has 0 spiro atoms. The van der Waals surface area contributed by atoms with Gasteiger partial charge in [0.1, 0.15) is 0 Å². The largest absolute Gasteiger partial charge is 0.365 e. The fourth-order valence-electron chi connectivity index (χ4n) is 2.19. The van der Waals surface area contributed by atoms with Crippen LogP contribution < -0.4 is 10.2 Å². The number of hydrogen-bond donors (Lipinski definition) is 1. The van der Waals surface area contributed by atoms with Crippen molar-refractivity contribution in [1.82, 2.24) is 10.2 Å². The van der Waals surface area contributed by atoms with Crippen LogP contribution in [0.3, 0.4) is 0 Å². The summed E-state index contributed by atoms with van der Waals surface area (Å²) in [6.45, 7) is 3.37. The first-order valence-corrected chi connectivity index (χ1v) is 7.70. The molecule has 1 heterocycles. The summed E-state index contributed by atoms with van der Waals surface area (Å²) in [5.74, 6) is 0.0763. The van der Waals surface area contributed by atoms with Gasteiger partial charge in [0.05, 0.1) is 15.0 Å². The first-order chi connectivity index (χ1) is 9.99. The van der Waals surface area contributed by atoms with E-state index in [9.17, 15) is 14.9 Å². The Morgan fingerprint density at radius 3 is 2.71 bits per heavy atom. The average Bonchev–Trinajstić information content (AvgIpc) is 2.47. The molecule has 1 aromatic rings. The number of likely N-dealkylation sites (N-methyl/N-ethyl adjacent to an activating group) is 1. The molecule has 1 N–H and O–H groups in total. The third-order valence-electron chi connectivity index (χ3n) is 3.41. The molecule has 1 amide bonds. The Kier molecular flexibility index (Phi) is 5.34.